The highest BCUT2D eigenvalue weighted by atomic mass is 16.5. The molecule has 26 heavy (non-hydrogen) atoms. The maximum absolute atomic E-state index is 12.5. The predicted molar refractivity (Wildman–Crippen MR) is 99.2 cm³/mol. The van der Waals surface area contributed by atoms with E-state index in [-0.39, 0.29) is 24.5 Å². The van der Waals surface area contributed by atoms with Crippen molar-refractivity contribution in [1.29, 1.82) is 0 Å². The summed E-state index contributed by atoms with van der Waals surface area (Å²) in [6, 6.07) is 10.7. The smallest absolute Gasteiger partial charge is 0.287 e. The third-order valence-corrected chi connectivity index (χ3v) is 4.09. The van der Waals surface area contributed by atoms with Gasteiger partial charge in [0.2, 0.25) is 0 Å². The summed E-state index contributed by atoms with van der Waals surface area (Å²) in [5, 5.41) is 2.98. The van der Waals surface area contributed by atoms with E-state index in [1.807, 2.05) is 32.0 Å². The van der Waals surface area contributed by atoms with E-state index in [9.17, 15) is 9.59 Å². The fourth-order valence-electron chi connectivity index (χ4n) is 2.49. The molecule has 2 aromatic rings. The van der Waals surface area contributed by atoms with Crippen LogP contribution in [-0.2, 0) is 11.2 Å². The Morgan fingerprint density at radius 3 is 2.50 bits per heavy atom. The van der Waals surface area contributed by atoms with E-state index in [4.69, 9.17) is 9.15 Å². The van der Waals surface area contributed by atoms with Crippen molar-refractivity contribution in [2.24, 2.45) is 0 Å². The number of carbonyl (C=O) groups is 2. The number of hydrogen-bond acceptors (Lipinski definition) is 4. The number of nitrogens with one attached hydrogen (secondary N) is 1. The summed E-state index contributed by atoms with van der Waals surface area (Å²) in [6.45, 7) is 3.90. The summed E-state index contributed by atoms with van der Waals surface area (Å²) in [7, 11) is 3.36. The van der Waals surface area contributed by atoms with Crippen molar-refractivity contribution in [1.82, 2.24) is 10.2 Å². The predicted octanol–water partition coefficient (Wildman–Crippen LogP) is 3.19. The number of aryl methyl sites for hydroxylation is 1. The SMILES string of the molecule is CCc1ccc(C(=O)NC(CC)c2ccccc2OCC(=O)N(C)C)o1. The number of carbonyl (C=O) groups excluding carboxylic acids is 2. The highest BCUT2D eigenvalue weighted by Crippen LogP contribution is 2.27. The van der Waals surface area contributed by atoms with Crippen molar-refractivity contribution >= 4 is 11.8 Å². The Bertz CT molecular complexity index is 752. The summed E-state index contributed by atoms with van der Waals surface area (Å²) in [5.41, 5.74) is 0.831. The van der Waals surface area contributed by atoms with E-state index in [1.165, 1.54) is 4.90 Å². The van der Waals surface area contributed by atoms with E-state index in [0.717, 1.165) is 17.7 Å². The Kier molecular flexibility index (Phi) is 6.83. The van der Waals surface area contributed by atoms with Gasteiger partial charge in [0, 0.05) is 26.1 Å². The van der Waals surface area contributed by atoms with E-state index in [2.05, 4.69) is 5.32 Å². The third-order valence-electron chi connectivity index (χ3n) is 4.09. The average Bonchev–Trinajstić information content (AvgIpc) is 3.13. The van der Waals surface area contributed by atoms with Crippen LogP contribution in [0.3, 0.4) is 0 Å². The van der Waals surface area contributed by atoms with Gasteiger partial charge in [-0.15, -0.1) is 0 Å². The molecular formula is C20H26N2O4. The van der Waals surface area contributed by atoms with Crippen LogP contribution in [0.2, 0.25) is 0 Å². The lowest BCUT2D eigenvalue weighted by molar-refractivity contribution is -0.130. The number of furan rings is 1. The number of likely N-dealkylation sites (N-methyl/N-ethyl adjacent to an activating group) is 1. The summed E-state index contributed by atoms with van der Waals surface area (Å²) in [4.78, 5) is 25.7. The Morgan fingerprint density at radius 2 is 1.88 bits per heavy atom. The topological polar surface area (TPSA) is 71.8 Å². The van der Waals surface area contributed by atoms with Gasteiger partial charge in [-0.05, 0) is 24.6 Å². The van der Waals surface area contributed by atoms with E-state index in [1.54, 1.807) is 32.3 Å². The first-order valence-corrected chi connectivity index (χ1v) is 8.77. The normalized spacial score (nSPS) is 11.7. The van der Waals surface area contributed by atoms with E-state index in [0.29, 0.717) is 17.9 Å². The number of rotatable bonds is 8. The van der Waals surface area contributed by atoms with Crippen LogP contribution < -0.4 is 10.1 Å². The Morgan fingerprint density at radius 1 is 1.15 bits per heavy atom. The van der Waals surface area contributed by atoms with Crippen molar-refractivity contribution in [2.45, 2.75) is 32.7 Å². The van der Waals surface area contributed by atoms with Crippen LogP contribution in [0, 0.1) is 0 Å². The molecule has 0 fully saturated rings. The van der Waals surface area contributed by atoms with Gasteiger partial charge in [-0.2, -0.15) is 0 Å². The van der Waals surface area contributed by atoms with E-state index < -0.39 is 0 Å². The number of ether oxygens (including phenoxy) is 1. The summed E-state index contributed by atoms with van der Waals surface area (Å²) >= 11 is 0. The van der Waals surface area contributed by atoms with Gasteiger partial charge < -0.3 is 19.4 Å². The molecule has 0 saturated carbocycles. The molecule has 0 bridgehead atoms. The number of nitrogens with zero attached hydrogens (tertiary/aromatic N) is 1. The largest absolute Gasteiger partial charge is 0.483 e. The minimum Gasteiger partial charge on any atom is -0.483 e. The molecule has 0 aliphatic heterocycles. The lowest BCUT2D eigenvalue weighted by atomic mass is 10.0. The molecule has 1 atom stereocenters. The van der Waals surface area contributed by atoms with Crippen LogP contribution in [0.5, 0.6) is 5.75 Å². The molecule has 6 heteroatoms. The minimum absolute atomic E-state index is 0.0492. The zero-order chi connectivity index (χ0) is 19.1. The van der Waals surface area contributed by atoms with Gasteiger partial charge in [0.15, 0.2) is 12.4 Å². The fourth-order valence-corrected chi connectivity index (χ4v) is 2.49. The van der Waals surface area contributed by atoms with Crippen LogP contribution in [-0.4, -0.2) is 37.4 Å². The molecule has 6 nitrogen and oxygen atoms in total. The molecule has 1 aromatic carbocycles. The van der Waals surface area contributed by atoms with Gasteiger partial charge in [-0.3, -0.25) is 9.59 Å². The fraction of sp³-hybridized carbons (Fsp3) is 0.400. The highest BCUT2D eigenvalue weighted by Gasteiger charge is 2.20. The molecule has 0 saturated heterocycles. The Labute approximate surface area is 154 Å². The maximum atomic E-state index is 12.5. The van der Waals surface area contributed by atoms with Gasteiger partial charge in [0.1, 0.15) is 11.5 Å². The monoisotopic (exact) mass is 358 g/mol. The van der Waals surface area contributed by atoms with E-state index >= 15 is 0 Å². The van der Waals surface area contributed by atoms with Crippen molar-refractivity contribution in [3.63, 3.8) is 0 Å². The van der Waals surface area contributed by atoms with Crippen molar-refractivity contribution < 1.29 is 18.7 Å². The van der Waals surface area contributed by atoms with Crippen molar-refractivity contribution in [3.8, 4) is 5.75 Å². The summed E-state index contributed by atoms with van der Waals surface area (Å²) < 4.78 is 11.2. The molecule has 0 radical (unpaired) electrons. The molecule has 1 heterocycles. The molecule has 2 amide bonds. The molecule has 0 aliphatic carbocycles. The number of benzene rings is 1. The highest BCUT2D eigenvalue weighted by molar-refractivity contribution is 5.91. The minimum atomic E-state index is -0.268. The van der Waals surface area contributed by atoms with Crippen LogP contribution in [0.25, 0.3) is 0 Å². The Balaban J connectivity index is 2.13. The Hall–Kier alpha value is -2.76. The van der Waals surface area contributed by atoms with Crippen molar-refractivity contribution in [3.05, 3.63) is 53.5 Å². The molecule has 0 aliphatic rings. The number of hydrogen-bond donors (Lipinski definition) is 1. The molecule has 1 aromatic heterocycles. The van der Waals surface area contributed by atoms with Gasteiger partial charge in [0.05, 0.1) is 6.04 Å². The summed E-state index contributed by atoms with van der Waals surface area (Å²) in [5.74, 6) is 1.26. The first-order valence-electron chi connectivity index (χ1n) is 8.77. The molecule has 140 valence electrons. The second-order valence-corrected chi connectivity index (χ2v) is 6.17. The number of amides is 2. The molecule has 2 rings (SSSR count). The standard InChI is InChI=1S/C20H26N2O4/c1-5-14-11-12-18(26-14)20(24)21-16(6-2)15-9-7-8-10-17(15)25-13-19(23)22(3)4/h7-12,16H,5-6,13H2,1-4H3,(H,21,24). The lowest BCUT2D eigenvalue weighted by Crippen LogP contribution is -2.30. The maximum Gasteiger partial charge on any atom is 0.287 e. The second-order valence-electron chi connectivity index (χ2n) is 6.17. The number of para-hydroxylation sites is 1. The van der Waals surface area contributed by atoms with Crippen LogP contribution >= 0.6 is 0 Å². The average molecular weight is 358 g/mol. The zero-order valence-electron chi connectivity index (χ0n) is 15.7. The third kappa shape index (κ3) is 4.88. The first-order chi connectivity index (χ1) is 12.5. The van der Waals surface area contributed by atoms with Gasteiger partial charge >= 0.3 is 0 Å². The van der Waals surface area contributed by atoms with Crippen LogP contribution in [0.4, 0.5) is 0 Å². The quantitative estimate of drug-likeness (QED) is 0.787. The molecule has 1 N–H and O–H groups in total. The zero-order valence-corrected chi connectivity index (χ0v) is 15.7. The van der Waals surface area contributed by atoms with Crippen molar-refractivity contribution in [2.75, 3.05) is 20.7 Å². The van der Waals surface area contributed by atoms with Crippen LogP contribution in [0.1, 0.15) is 48.2 Å². The van der Waals surface area contributed by atoms with Gasteiger partial charge in [0.25, 0.3) is 11.8 Å². The molecular weight excluding hydrogens is 332 g/mol. The lowest BCUT2D eigenvalue weighted by Gasteiger charge is -2.20. The molecule has 1 unspecified atom stereocenters. The first kappa shape index (κ1) is 19.6. The van der Waals surface area contributed by atoms with Gasteiger partial charge in [-0.25, -0.2) is 0 Å². The van der Waals surface area contributed by atoms with Gasteiger partial charge in [-0.1, -0.05) is 32.0 Å². The molecule has 0 spiro atoms. The van der Waals surface area contributed by atoms with Crippen LogP contribution in [0.15, 0.2) is 40.8 Å². The summed E-state index contributed by atoms with van der Waals surface area (Å²) in [6.07, 6.45) is 1.41. The second kappa shape index (κ2) is 9.08.